The van der Waals surface area contributed by atoms with Crippen molar-refractivity contribution in [2.45, 2.75) is 51.2 Å². The van der Waals surface area contributed by atoms with Gasteiger partial charge in [-0.05, 0) is 36.3 Å². The summed E-state index contributed by atoms with van der Waals surface area (Å²) in [7, 11) is 0. The maximum Gasteiger partial charge on any atom is 0.220 e. The molecule has 1 heterocycles. The Labute approximate surface area is 143 Å². The van der Waals surface area contributed by atoms with E-state index in [1.807, 2.05) is 29.2 Å². The second-order valence-corrected chi connectivity index (χ2v) is 7.00. The molecule has 1 aromatic rings. The second-order valence-electron chi connectivity index (χ2n) is 7.00. The van der Waals surface area contributed by atoms with E-state index < -0.39 is 6.10 Å². The molecule has 2 unspecified atom stereocenters. The molecule has 2 atom stereocenters. The molecule has 0 aromatic heterocycles. The highest BCUT2D eigenvalue weighted by molar-refractivity contribution is 5.76. The number of fused-ring (bicyclic) bond motifs is 1. The van der Waals surface area contributed by atoms with Crippen molar-refractivity contribution in [3.05, 3.63) is 35.4 Å². The van der Waals surface area contributed by atoms with Crippen LogP contribution in [0.4, 0.5) is 0 Å². The molecule has 2 N–H and O–H groups in total. The van der Waals surface area contributed by atoms with Crippen LogP contribution in [0.25, 0.3) is 0 Å². The van der Waals surface area contributed by atoms with E-state index in [2.05, 4.69) is 5.32 Å². The summed E-state index contributed by atoms with van der Waals surface area (Å²) in [5, 5.41) is 13.2. The van der Waals surface area contributed by atoms with E-state index in [4.69, 9.17) is 0 Å². The summed E-state index contributed by atoms with van der Waals surface area (Å²) < 4.78 is 0. The molecule has 1 aliphatic carbocycles. The molecular formula is C19H26N2O3. The number of aliphatic hydroxyl groups excluding tert-OH is 1. The molecule has 2 aliphatic rings. The highest BCUT2D eigenvalue weighted by Gasteiger charge is 2.32. The first kappa shape index (κ1) is 17.0. The molecule has 5 heteroatoms. The molecule has 1 saturated heterocycles. The minimum absolute atomic E-state index is 0.00440. The molecule has 0 bridgehead atoms. The molecular weight excluding hydrogens is 304 g/mol. The topological polar surface area (TPSA) is 69.6 Å². The van der Waals surface area contributed by atoms with Crippen LogP contribution in [0, 0.1) is 5.92 Å². The van der Waals surface area contributed by atoms with Crippen molar-refractivity contribution in [2.24, 2.45) is 5.92 Å². The van der Waals surface area contributed by atoms with Crippen LogP contribution in [-0.4, -0.2) is 41.0 Å². The van der Waals surface area contributed by atoms with Crippen molar-refractivity contribution in [3.63, 3.8) is 0 Å². The van der Waals surface area contributed by atoms with E-state index in [1.54, 1.807) is 6.92 Å². The van der Waals surface area contributed by atoms with Crippen LogP contribution >= 0.6 is 0 Å². The second kappa shape index (κ2) is 7.34. The average molecular weight is 330 g/mol. The summed E-state index contributed by atoms with van der Waals surface area (Å²) in [5.74, 6) is 0.650. The normalized spacial score (nSPS) is 23.8. The van der Waals surface area contributed by atoms with Gasteiger partial charge in [0.25, 0.3) is 0 Å². The fourth-order valence-electron chi connectivity index (χ4n) is 3.87. The first-order chi connectivity index (χ1) is 11.5. The molecule has 2 amide bonds. The van der Waals surface area contributed by atoms with Gasteiger partial charge in [-0.25, -0.2) is 0 Å². The first-order valence-corrected chi connectivity index (χ1v) is 8.85. The van der Waals surface area contributed by atoms with Crippen LogP contribution in [0.3, 0.4) is 0 Å². The Balaban J connectivity index is 1.46. The molecule has 0 radical (unpaired) electrons. The molecule has 1 aliphatic heterocycles. The van der Waals surface area contributed by atoms with Gasteiger partial charge in [-0.1, -0.05) is 24.3 Å². The summed E-state index contributed by atoms with van der Waals surface area (Å²) in [5.41, 5.74) is 2.15. The monoisotopic (exact) mass is 330 g/mol. The molecule has 130 valence electrons. The Morgan fingerprint density at radius 1 is 1.25 bits per heavy atom. The lowest BCUT2D eigenvalue weighted by atomic mass is 9.92. The van der Waals surface area contributed by atoms with E-state index >= 15 is 0 Å². The average Bonchev–Trinajstić information content (AvgIpc) is 2.89. The van der Waals surface area contributed by atoms with Crippen molar-refractivity contribution >= 4 is 11.8 Å². The number of carbonyl (C=O) groups is 2. The Hall–Kier alpha value is -1.88. The number of hydrogen-bond acceptors (Lipinski definition) is 3. The minimum atomic E-state index is -0.537. The van der Waals surface area contributed by atoms with Gasteiger partial charge in [0, 0.05) is 32.9 Å². The zero-order chi connectivity index (χ0) is 17.1. The molecule has 24 heavy (non-hydrogen) atoms. The first-order valence-electron chi connectivity index (χ1n) is 8.85. The van der Waals surface area contributed by atoms with E-state index in [1.165, 1.54) is 0 Å². The van der Waals surface area contributed by atoms with Crippen LogP contribution in [0.2, 0.25) is 0 Å². The van der Waals surface area contributed by atoms with Crippen LogP contribution in [0.1, 0.15) is 49.8 Å². The maximum absolute atomic E-state index is 12.3. The highest BCUT2D eigenvalue weighted by Crippen LogP contribution is 2.31. The summed E-state index contributed by atoms with van der Waals surface area (Å²) in [6.07, 6.45) is 3.34. The summed E-state index contributed by atoms with van der Waals surface area (Å²) >= 11 is 0. The predicted molar refractivity (Wildman–Crippen MR) is 91.2 cm³/mol. The third kappa shape index (κ3) is 3.78. The highest BCUT2D eigenvalue weighted by atomic mass is 16.3. The fraction of sp³-hybridized carbons (Fsp3) is 0.579. The van der Waals surface area contributed by atoms with Gasteiger partial charge in [-0.15, -0.1) is 0 Å². The fourth-order valence-corrected chi connectivity index (χ4v) is 3.87. The Morgan fingerprint density at radius 3 is 2.67 bits per heavy atom. The van der Waals surface area contributed by atoms with Gasteiger partial charge in [-0.2, -0.15) is 0 Å². The van der Waals surface area contributed by atoms with Gasteiger partial charge in [0.15, 0.2) is 0 Å². The third-order valence-corrected chi connectivity index (χ3v) is 5.36. The van der Waals surface area contributed by atoms with Crippen molar-refractivity contribution < 1.29 is 14.7 Å². The summed E-state index contributed by atoms with van der Waals surface area (Å²) in [4.78, 5) is 25.5. The lowest BCUT2D eigenvalue weighted by molar-refractivity contribution is -0.130. The molecule has 1 aromatic carbocycles. The van der Waals surface area contributed by atoms with Crippen molar-refractivity contribution in [3.8, 4) is 0 Å². The van der Waals surface area contributed by atoms with Crippen LogP contribution in [-0.2, 0) is 16.0 Å². The van der Waals surface area contributed by atoms with Gasteiger partial charge >= 0.3 is 0 Å². The number of hydrogen-bond donors (Lipinski definition) is 2. The number of aliphatic hydroxyl groups is 1. The Morgan fingerprint density at radius 2 is 1.96 bits per heavy atom. The largest absolute Gasteiger partial charge is 0.390 e. The third-order valence-electron chi connectivity index (χ3n) is 5.36. The van der Waals surface area contributed by atoms with Gasteiger partial charge < -0.3 is 15.3 Å². The number of nitrogens with one attached hydrogen (secondary N) is 1. The minimum Gasteiger partial charge on any atom is -0.390 e. The maximum atomic E-state index is 12.3. The lowest BCUT2D eigenvalue weighted by Gasteiger charge is -2.31. The van der Waals surface area contributed by atoms with E-state index in [-0.39, 0.29) is 17.9 Å². The van der Waals surface area contributed by atoms with Crippen LogP contribution in [0.15, 0.2) is 24.3 Å². The quantitative estimate of drug-likeness (QED) is 0.884. The van der Waals surface area contributed by atoms with Crippen LogP contribution in [0.5, 0.6) is 0 Å². The van der Waals surface area contributed by atoms with Crippen molar-refractivity contribution in [1.82, 2.24) is 10.2 Å². The molecule has 1 fully saturated rings. The predicted octanol–water partition coefficient (Wildman–Crippen LogP) is 1.80. The zero-order valence-corrected chi connectivity index (χ0v) is 14.2. The summed E-state index contributed by atoms with van der Waals surface area (Å²) in [6, 6.07) is 7.61. The van der Waals surface area contributed by atoms with Gasteiger partial charge in [0.05, 0.1) is 12.1 Å². The molecule has 0 spiro atoms. The number of piperidine rings is 1. The zero-order valence-electron chi connectivity index (χ0n) is 14.2. The van der Waals surface area contributed by atoms with E-state index in [0.29, 0.717) is 18.8 Å². The number of carbonyl (C=O) groups excluding carboxylic acids is 2. The standard InChI is InChI=1S/C19H26N2O3/c1-13(22)21-10-8-14(9-11-21)6-7-18(24)20-19-16-5-3-2-4-15(16)12-17(19)23/h2-5,14,17,19,23H,6-12H2,1H3,(H,20,24). The SMILES string of the molecule is CC(=O)N1CCC(CCC(=O)NC2c3ccccc3CC2O)CC1. The molecule has 3 rings (SSSR count). The number of rotatable bonds is 4. The van der Waals surface area contributed by atoms with Gasteiger partial charge in [0.2, 0.25) is 11.8 Å². The summed E-state index contributed by atoms with van der Waals surface area (Å²) in [6.45, 7) is 3.21. The van der Waals surface area contributed by atoms with Gasteiger partial charge in [0.1, 0.15) is 0 Å². The Kier molecular flexibility index (Phi) is 5.19. The number of benzene rings is 1. The number of nitrogens with zero attached hydrogens (tertiary/aromatic N) is 1. The smallest absolute Gasteiger partial charge is 0.220 e. The van der Waals surface area contributed by atoms with Crippen molar-refractivity contribution in [1.29, 1.82) is 0 Å². The number of amides is 2. The molecule has 5 nitrogen and oxygen atoms in total. The van der Waals surface area contributed by atoms with E-state index in [0.717, 1.165) is 43.5 Å². The molecule has 0 saturated carbocycles. The van der Waals surface area contributed by atoms with E-state index in [9.17, 15) is 14.7 Å². The Bertz CT molecular complexity index is 608. The van der Waals surface area contributed by atoms with Crippen LogP contribution < -0.4 is 5.32 Å². The van der Waals surface area contributed by atoms with Crippen molar-refractivity contribution in [2.75, 3.05) is 13.1 Å². The number of likely N-dealkylation sites (tertiary alicyclic amines) is 1. The van der Waals surface area contributed by atoms with Gasteiger partial charge in [-0.3, -0.25) is 9.59 Å². The lowest BCUT2D eigenvalue weighted by Crippen LogP contribution is -2.37.